The van der Waals surface area contributed by atoms with Crippen molar-refractivity contribution in [2.45, 2.75) is 51.0 Å². The lowest BCUT2D eigenvalue weighted by atomic mass is 9.69. The van der Waals surface area contributed by atoms with Crippen molar-refractivity contribution in [3.05, 3.63) is 0 Å². The fourth-order valence-electron chi connectivity index (χ4n) is 3.34. The van der Waals surface area contributed by atoms with Gasteiger partial charge in [0.1, 0.15) is 0 Å². The van der Waals surface area contributed by atoms with Crippen LogP contribution in [-0.2, 0) is 0 Å². The number of likely N-dealkylation sites (tertiary alicyclic amines) is 1. The highest BCUT2D eigenvalue weighted by atomic mass is 16.3. The first-order valence-electron chi connectivity index (χ1n) is 6.51. The van der Waals surface area contributed by atoms with Crippen LogP contribution < -0.4 is 0 Å². The Morgan fingerprint density at radius 3 is 2.47 bits per heavy atom. The van der Waals surface area contributed by atoms with Crippen molar-refractivity contribution in [2.75, 3.05) is 20.1 Å². The second-order valence-electron chi connectivity index (χ2n) is 5.88. The second-order valence-corrected chi connectivity index (χ2v) is 5.88. The lowest BCUT2D eigenvalue weighted by molar-refractivity contribution is -0.0790. The van der Waals surface area contributed by atoms with Crippen LogP contribution in [0.1, 0.15) is 45.4 Å². The first-order chi connectivity index (χ1) is 7.10. The normalized spacial score (nSPS) is 37.8. The fraction of sp³-hybridized carbons (Fsp3) is 1.00. The highest BCUT2D eigenvalue weighted by Gasteiger charge is 2.40. The lowest BCUT2D eigenvalue weighted by Gasteiger charge is -2.44. The van der Waals surface area contributed by atoms with Crippen LogP contribution in [0.4, 0.5) is 0 Å². The third kappa shape index (κ3) is 2.54. The van der Waals surface area contributed by atoms with E-state index in [0.717, 1.165) is 31.8 Å². The van der Waals surface area contributed by atoms with Gasteiger partial charge in [-0.25, -0.2) is 0 Å². The van der Waals surface area contributed by atoms with Crippen LogP contribution in [0.25, 0.3) is 0 Å². The number of hydrogen-bond acceptors (Lipinski definition) is 2. The standard InChI is InChI=1S/C13H25NO/c1-11-4-3-5-12(10-11)13(15)6-8-14(2)9-7-13/h11-12,15H,3-10H2,1-2H3. The van der Waals surface area contributed by atoms with Crippen LogP contribution in [0.15, 0.2) is 0 Å². The predicted octanol–water partition coefficient (Wildman–Crippen LogP) is 2.27. The van der Waals surface area contributed by atoms with E-state index in [0.29, 0.717) is 5.92 Å². The molecule has 1 saturated carbocycles. The summed E-state index contributed by atoms with van der Waals surface area (Å²) in [6.07, 6.45) is 7.17. The minimum absolute atomic E-state index is 0.332. The maximum Gasteiger partial charge on any atom is 0.0700 e. The van der Waals surface area contributed by atoms with Gasteiger partial charge in [0.15, 0.2) is 0 Å². The Hall–Kier alpha value is -0.0800. The van der Waals surface area contributed by atoms with E-state index in [1.165, 1.54) is 25.7 Å². The lowest BCUT2D eigenvalue weighted by Crippen LogP contribution is -2.48. The summed E-state index contributed by atoms with van der Waals surface area (Å²) in [5.74, 6) is 1.40. The highest BCUT2D eigenvalue weighted by Crippen LogP contribution is 2.40. The van der Waals surface area contributed by atoms with Crippen LogP contribution in [0.3, 0.4) is 0 Å². The molecule has 1 heterocycles. The summed E-state index contributed by atoms with van der Waals surface area (Å²) in [5, 5.41) is 10.7. The van der Waals surface area contributed by atoms with E-state index in [2.05, 4.69) is 18.9 Å². The number of rotatable bonds is 1. The first-order valence-corrected chi connectivity index (χ1v) is 6.51. The molecule has 0 radical (unpaired) electrons. The second kappa shape index (κ2) is 4.42. The summed E-state index contributed by atoms with van der Waals surface area (Å²) in [5.41, 5.74) is -0.332. The monoisotopic (exact) mass is 211 g/mol. The minimum Gasteiger partial charge on any atom is -0.390 e. The number of nitrogens with zero attached hydrogens (tertiary/aromatic N) is 1. The van der Waals surface area contributed by atoms with Gasteiger partial charge in [-0.05, 0) is 44.6 Å². The Morgan fingerprint density at radius 2 is 1.87 bits per heavy atom. The zero-order valence-electron chi connectivity index (χ0n) is 10.2. The molecule has 1 aliphatic carbocycles. The summed E-state index contributed by atoms with van der Waals surface area (Å²) < 4.78 is 0. The van der Waals surface area contributed by atoms with E-state index < -0.39 is 0 Å². The van der Waals surface area contributed by atoms with Crippen molar-refractivity contribution in [1.82, 2.24) is 4.90 Å². The summed E-state index contributed by atoms with van der Waals surface area (Å²) in [4.78, 5) is 2.33. The van der Waals surface area contributed by atoms with E-state index in [1.54, 1.807) is 0 Å². The molecule has 1 aliphatic heterocycles. The number of aliphatic hydroxyl groups is 1. The molecule has 88 valence electrons. The quantitative estimate of drug-likeness (QED) is 0.719. The van der Waals surface area contributed by atoms with Gasteiger partial charge in [-0.15, -0.1) is 0 Å². The maximum atomic E-state index is 10.7. The molecular formula is C13H25NO. The number of hydrogen-bond donors (Lipinski definition) is 1. The maximum absolute atomic E-state index is 10.7. The third-order valence-corrected chi connectivity index (χ3v) is 4.55. The van der Waals surface area contributed by atoms with Gasteiger partial charge in [0.05, 0.1) is 5.60 Å². The summed E-state index contributed by atoms with van der Waals surface area (Å²) in [6.45, 7) is 4.48. The van der Waals surface area contributed by atoms with E-state index >= 15 is 0 Å². The average Bonchev–Trinajstić information content (AvgIpc) is 2.23. The smallest absolute Gasteiger partial charge is 0.0700 e. The zero-order chi connectivity index (χ0) is 10.9. The molecule has 1 N–H and O–H groups in total. The Bertz CT molecular complexity index is 209. The Balaban J connectivity index is 1.95. The molecule has 0 aromatic rings. The molecule has 2 unspecified atom stereocenters. The van der Waals surface area contributed by atoms with Gasteiger partial charge in [-0.1, -0.05) is 19.8 Å². The summed E-state index contributed by atoms with van der Waals surface area (Å²) in [6, 6.07) is 0. The molecule has 2 aliphatic rings. The molecule has 2 nitrogen and oxygen atoms in total. The van der Waals surface area contributed by atoms with Crippen LogP contribution in [0.5, 0.6) is 0 Å². The first kappa shape index (κ1) is 11.4. The molecule has 2 rings (SSSR count). The summed E-state index contributed by atoms with van der Waals surface area (Å²) in [7, 11) is 2.16. The topological polar surface area (TPSA) is 23.5 Å². The Morgan fingerprint density at radius 1 is 1.20 bits per heavy atom. The van der Waals surface area contributed by atoms with Gasteiger partial charge >= 0.3 is 0 Å². The minimum atomic E-state index is -0.332. The van der Waals surface area contributed by atoms with Gasteiger partial charge in [0.2, 0.25) is 0 Å². The van der Waals surface area contributed by atoms with Crippen molar-refractivity contribution in [2.24, 2.45) is 11.8 Å². The van der Waals surface area contributed by atoms with Gasteiger partial charge < -0.3 is 10.0 Å². The number of piperidine rings is 1. The van der Waals surface area contributed by atoms with Gasteiger partial charge in [-0.2, -0.15) is 0 Å². The SMILES string of the molecule is CC1CCCC(C2(O)CCN(C)CC2)C1. The molecule has 2 fully saturated rings. The van der Waals surface area contributed by atoms with Crippen molar-refractivity contribution in [1.29, 1.82) is 0 Å². The molecule has 0 spiro atoms. The van der Waals surface area contributed by atoms with E-state index in [1.807, 2.05) is 0 Å². The molecule has 0 aromatic carbocycles. The predicted molar refractivity (Wildman–Crippen MR) is 62.8 cm³/mol. The van der Waals surface area contributed by atoms with Crippen molar-refractivity contribution >= 4 is 0 Å². The van der Waals surface area contributed by atoms with Crippen LogP contribution in [0.2, 0.25) is 0 Å². The van der Waals surface area contributed by atoms with Gasteiger partial charge in [0.25, 0.3) is 0 Å². The van der Waals surface area contributed by atoms with Crippen molar-refractivity contribution in [3.63, 3.8) is 0 Å². The molecule has 0 aromatic heterocycles. The fourth-order valence-corrected chi connectivity index (χ4v) is 3.34. The van der Waals surface area contributed by atoms with E-state index in [4.69, 9.17) is 0 Å². The summed E-state index contributed by atoms with van der Waals surface area (Å²) >= 11 is 0. The molecule has 1 saturated heterocycles. The van der Waals surface area contributed by atoms with Gasteiger partial charge in [-0.3, -0.25) is 0 Å². The highest BCUT2D eigenvalue weighted by molar-refractivity contribution is 4.93. The largest absolute Gasteiger partial charge is 0.390 e. The third-order valence-electron chi connectivity index (χ3n) is 4.55. The zero-order valence-corrected chi connectivity index (χ0v) is 10.2. The molecule has 0 amide bonds. The van der Waals surface area contributed by atoms with Gasteiger partial charge in [0, 0.05) is 13.1 Å². The van der Waals surface area contributed by atoms with E-state index in [-0.39, 0.29) is 5.60 Å². The molecular weight excluding hydrogens is 186 g/mol. The van der Waals surface area contributed by atoms with Crippen molar-refractivity contribution in [3.8, 4) is 0 Å². The van der Waals surface area contributed by atoms with Crippen LogP contribution in [0, 0.1) is 11.8 Å². The Kier molecular flexibility index (Phi) is 3.36. The average molecular weight is 211 g/mol. The molecule has 0 bridgehead atoms. The molecule has 2 atom stereocenters. The van der Waals surface area contributed by atoms with Crippen molar-refractivity contribution < 1.29 is 5.11 Å². The molecule has 2 heteroatoms. The molecule has 15 heavy (non-hydrogen) atoms. The van der Waals surface area contributed by atoms with Crippen LogP contribution in [-0.4, -0.2) is 35.7 Å². The van der Waals surface area contributed by atoms with E-state index in [9.17, 15) is 5.11 Å². The Labute approximate surface area is 93.7 Å². The van der Waals surface area contributed by atoms with Crippen LogP contribution >= 0.6 is 0 Å².